The third-order valence-electron chi connectivity index (χ3n) is 2.98. The van der Waals surface area contributed by atoms with E-state index in [2.05, 4.69) is 5.32 Å². The number of carbonyl (C=O) groups is 1. The molecule has 106 valence electrons. The highest BCUT2D eigenvalue weighted by molar-refractivity contribution is 6.22. The Hall–Kier alpha value is -1.00. The third kappa shape index (κ3) is 3.74. The van der Waals surface area contributed by atoms with E-state index in [1.165, 1.54) is 25.3 Å². The summed E-state index contributed by atoms with van der Waals surface area (Å²) in [6, 6.07) is 3.91. The highest BCUT2D eigenvalue weighted by Gasteiger charge is 2.28. The van der Waals surface area contributed by atoms with Gasteiger partial charge in [0.05, 0.1) is 12.6 Å². The van der Waals surface area contributed by atoms with E-state index in [0.29, 0.717) is 12.0 Å². The van der Waals surface area contributed by atoms with Gasteiger partial charge >= 0.3 is 0 Å². The maximum Gasteiger partial charge on any atom is 0.251 e. The molecular formula is C13H16Cl2FNO2. The van der Waals surface area contributed by atoms with Gasteiger partial charge in [-0.2, -0.15) is 0 Å². The van der Waals surface area contributed by atoms with Crippen molar-refractivity contribution in [3.05, 3.63) is 29.6 Å². The molecular weight excluding hydrogens is 292 g/mol. The SMILES string of the molecule is CCC(CCl)(CCl)NC(=O)c1ccc(F)c(OC)c1. The van der Waals surface area contributed by atoms with Crippen LogP contribution in [0.1, 0.15) is 23.7 Å². The first-order valence-corrected chi connectivity index (χ1v) is 6.86. The highest BCUT2D eigenvalue weighted by Crippen LogP contribution is 2.20. The van der Waals surface area contributed by atoms with E-state index in [1.54, 1.807) is 0 Å². The summed E-state index contributed by atoms with van der Waals surface area (Å²) in [4.78, 5) is 12.1. The van der Waals surface area contributed by atoms with Gasteiger partial charge in [0.2, 0.25) is 0 Å². The summed E-state index contributed by atoms with van der Waals surface area (Å²) in [6.07, 6.45) is 0.601. The molecule has 0 atom stereocenters. The second-order valence-corrected chi connectivity index (χ2v) is 4.74. The lowest BCUT2D eigenvalue weighted by atomic mass is 10.0. The average molecular weight is 308 g/mol. The fourth-order valence-electron chi connectivity index (χ4n) is 1.49. The molecule has 0 unspecified atom stereocenters. The molecule has 0 heterocycles. The summed E-state index contributed by atoms with van der Waals surface area (Å²) in [5, 5.41) is 2.79. The summed E-state index contributed by atoms with van der Waals surface area (Å²) in [5.41, 5.74) is -0.367. The minimum absolute atomic E-state index is 0.0199. The molecule has 0 bridgehead atoms. The highest BCUT2D eigenvalue weighted by atomic mass is 35.5. The predicted octanol–water partition coefficient (Wildman–Crippen LogP) is 3.19. The van der Waals surface area contributed by atoms with Crippen molar-refractivity contribution >= 4 is 29.1 Å². The number of carbonyl (C=O) groups excluding carboxylic acids is 1. The molecule has 0 radical (unpaired) electrons. The number of benzene rings is 1. The second kappa shape index (κ2) is 6.96. The average Bonchev–Trinajstić information content (AvgIpc) is 2.45. The molecule has 0 spiro atoms. The van der Waals surface area contributed by atoms with Crippen LogP contribution in [0.5, 0.6) is 5.75 Å². The van der Waals surface area contributed by atoms with Crippen LogP contribution in [0.15, 0.2) is 18.2 Å². The summed E-state index contributed by atoms with van der Waals surface area (Å²) >= 11 is 11.7. The van der Waals surface area contributed by atoms with Gasteiger partial charge in [-0.25, -0.2) is 4.39 Å². The summed E-state index contributed by atoms with van der Waals surface area (Å²) in [7, 11) is 1.34. The lowest BCUT2D eigenvalue weighted by Gasteiger charge is -2.29. The number of rotatable bonds is 6. The molecule has 0 aliphatic heterocycles. The first-order chi connectivity index (χ1) is 9.01. The monoisotopic (exact) mass is 307 g/mol. The number of hydrogen-bond donors (Lipinski definition) is 1. The zero-order valence-corrected chi connectivity index (χ0v) is 12.3. The van der Waals surface area contributed by atoms with Crippen LogP contribution in [0.3, 0.4) is 0 Å². The van der Waals surface area contributed by atoms with Crippen molar-refractivity contribution in [2.45, 2.75) is 18.9 Å². The normalized spacial score (nSPS) is 11.2. The molecule has 1 amide bonds. The largest absolute Gasteiger partial charge is 0.494 e. The Morgan fingerprint density at radius 1 is 1.42 bits per heavy atom. The van der Waals surface area contributed by atoms with Crippen LogP contribution in [0.2, 0.25) is 0 Å². The molecule has 0 aromatic heterocycles. The van der Waals surface area contributed by atoms with Crippen LogP contribution in [-0.4, -0.2) is 30.3 Å². The molecule has 19 heavy (non-hydrogen) atoms. The van der Waals surface area contributed by atoms with Crippen LogP contribution < -0.4 is 10.1 Å². The Labute approximate surface area is 122 Å². The number of ether oxygens (including phenoxy) is 1. The fraction of sp³-hybridized carbons (Fsp3) is 0.462. The number of amides is 1. The predicted molar refractivity (Wildman–Crippen MR) is 74.9 cm³/mol. The summed E-state index contributed by atoms with van der Waals surface area (Å²) < 4.78 is 18.1. The van der Waals surface area contributed by atoms with E-state index in [9.17, 15) is 9.18 Å². The van der Waals surface area contributed by atoms with Crippen molar-refractivity contribution in [1.29, 1.82) is 0 Å². The Bertz CT molecular complexity index is 442. The van der Waals surface area contributed by atoms with Crippen LogP contribution in [0, 0.1) is 5.82 Å². The Morgan fingerprint density at radius 3 is 2.53 bits per heavy atom. The van der Waals surface area contributed by atoms with Crippen molar-refractivity contribution in [3.8, 4) is 5.75 Å². The molecule has 0 fully saturated rings. The van der Waals surface area contributed by atoms with Gasteiger partial charge < -0.3 is 10.1 Å². The van der Waals surface area contributed by atoms with Gasteiger partial charge in [-0.15, -0.1) is 23.2 Å². The standard InChI is InChI=1S/C13H16Cl2FNO2/c1-3-13(7-14,8-15)17-12(18)9-4-5-10(16)11(6-9)19-2/h4-6H,3,7-8H2,1-2H3,(H,17,18). The molecule has 6 heteroatoms. The van der Waals surface area contributed by atoms with Gasteiger partial charge in [0.15, 0.2) is 11.6 Å². The second-order valence-electron chi connectivity index (χ2n) is 4.20. The molecule has 1 rings (SSSR count). The van der Waals surface area contributed by atoms with E-state index < -0.39 is 11.4 Å². The van der Waals surface area contributed by atoms with Crippen LogP contribution >= 0.6 is 23.2 Å². The van der Waals surface area contributed by atoms with Gasteiger partial charge in [0.25, 0.3) is 5.91 Å². The first kappa shape index (κ1) is 16.1. The summed E-state index contributed by atoms with van der Waals surface area (Å²) in [6.45, 7) is 1.89. The van der Waals surface area contributed by atoms with Crippen molar-refractivity contribution in [2.75, 3.05) is 18.9 Å². The van der Waals surface area contributed by atoms with Crippen LogP contribution in [-0.2, 0) is 0 Å². The number of nitrogens with one attached hydrogen (secondary N) is 1. The maximum absolute atomic E-state index is 13.3. The minimum Gasteiger partial charge on any atom is -0.494 e. The van der Waals surface area contributed by atoms with Gasteiger partial charge in [-0.05, 0) is 24.6 Å². The van der Waals surface area contributed by atoms with Gasteiger partial charge in [-0.1, -0.05) is 6.92 Å². The number of alkyl halides is 2. The van der Waals surface area contributed by atoms with E-state index in [-0.39, 0.29) is 23.4 Å². The molecule has 1 aromatic carbocycles. The zero-order valence-electron chi connectivity index (χ0n) is 10.8. The topological polar surface area (TPSA) is 38.3 Å². The van der Waals surface area contributed by atoms with Crippen molar-refractivity contribution in [1.82, 2.24) is 5.32 Å². The molecule has 0 aliphatic rings. The van der Waals surface area contributed by atoms with E-state index in [0.717, 1.165) is 0 Å². The molecule has 0 aliphatic carbocycles. The summed E-state index contributed by atoms with van der Waals surface area (Å²) in [5.74, 6) is -0.447. The Morgan fingerprint density at radius 2 is 2.05 bits per heavy atom. The smallest absolute Gasteiger partial charge is 0.251 e. The quantitative estimate of drug-likeness (QED) is 0.820. The van der Waals surface area contributed by atoms with Crippen molar-refractivity contribution in [3.63, 3.8) is 0 Å². The van der Waals surface area contributed by atoms with E-state index in [4.69, 9.17) is 27.9 Å². The molecule has 0 saturated carbocycles. The maximum atomic E-state index is 13.3. The van der Waals surface area contributed by atoms with Crippen molar-refractivity contribution in [2.24, 2.45) is 0 Å². The van der Waals surface area contributed by atoms with Crippen LogP contribution in [0.25, 0.3) is 0 Å². The molecule has 1 aromatic rings. The molecule has 0 saturated heterocycles. The fourth-order valence-corrected chi connectivity index (χ4v) is 2.29. The van der Waals surface area contributed by atoms with E-state index in [1.807, 2.05) is 6.92 Å². The van der Waals surface area contributed by atoms with Crippen molar-refractivity contribution < 1.29 is 13.9 Å². The van der Waals surface area contributed by atoms with E-state index >= 15 is 0 Å². The lowest BCUT2D eigenvalue weighted by Crippen LogP contribution is -2.51. The number of halogens is 3. The van der Waals surface area contributed by atoms with Gasteiger partial charge in [0, 0.05) is 17.3 Å². The number of methoxy groups -OCH3 is 1. The third-order valence-corrected chi connectivity index (χ3v) is 4.00. The molecule has 3 nitrogen and oxygen atoms in total. The Kier molecular flexibility index (Phi) is 5.88. The first-order valence-electron chi connectivity index (χ1n) is 5.80. The Balaban J connectivity index is 2.94. The minimum atomic E-state index is -0.665. The van der Waals surface area contributed by atoms with Gasteiger partial charge in [-0.3, -0.25) is 4.79 Å². The van der Waals surface area contributed by atoms with Gasteiger partial charge in [0.1, 0.15) is 0 Å². The lowest BCUT2D eigenvalue weighted by molar-refractivity contribution is 0.0913. The molecule has 1 N–H and O–H groups in total. The van der Waals surface area contributed by atoms with Crippen LogP contribution in [0.4, 0.5) is 4.39 Å². The number of hydrogen-bond acceptors (Lipinski definition) is 2. The zero-order chi connectivity index (χ0) is 14.5.